The van der Waals surface area contributed by atoms with E-state index >= 15 is 0 Å². The molecule has 2 atom stereocenters. The summed E-state index contributed by atoms with van der Waals surface area (Å²) in [6.45, 7) is 3.67. The van der Waals surface area contributed by atoms with Gasteiger partial charge >= 0.3 is 17.9 Å². The molecule has 3 rings (SSSR count). The van der Waals surface area contributed by atoms with Crippen LogP contribution in [0, 0.1) is 0 Å². The van der Waals surface area contributed by atoms with Gasteiger partial charge in [-0.05, 0) is 41.8 Å². The van der Waals surface area contributed by atoms with Gasteiger partial charge in [0.25, 0.3) is 0 Å². The van der Waals surface area contributed by atoms with Crippen molar-refractivity contribution in [1.82, 2.24) is 0 Å². The fourth-order valence-corrected chi connectivity index (χ4v) is 3.89. The third kappa shape index (κ3) is 7.86. The van der Waals surface area contributed by atoms with Gasteiger partial charge in [0.05, 0.1) is 13.6 Å². The predicted octanol–water partition coefficient (Wildman–Crippen LogP) is 0.756. The molecule has 10 heteroatoms. The zero-order valence-corrected chi connectivity index (χ0v) is 19.8. The van der Waals surface area contributed by atoms with Gasteiger partial charge in [0, 0.05) is 37.3 Å². The summed E-state index contributed by atoms with van der Waals surface area (Å²) in [5.74, 6) is -4.29. The summed E-state index contributed by atoms with van der Waals surface area (Å²) in [4.78, 5) is 42.4. The number of halogens is 1. The number of aryl methyl sites for hydroxylation is 1. The lowest BCUT2D eigenvalue weighted by molar-refractivity contribution is -0.915. The van der Waals surface area contributed by atoms with Crippen molar-refractivity contribution in [2.45, 2.75) is 39.2 Å². The van der Waals surface area contributed by atoms with Crippen LogP contribution < -0.4 is 19.5 Å². The normalized spacial score (nSPS) is 16.4. The molecule has 0 aliphatic carbocycles. The van der Waals surface area contributed by atoms with E-state index in [0.29, 0.717) is 11.5 Å². The fourth-order valence-electron chi connectivity index (χ4n) is 3.76. The maximum atomic E-state index is 11.5. The Morgan fingerprint density at radius 2 is 1.59 bits per heavy atom. The summed E-state index contributed by atoms with van der Waals surface area (Å²) in [5.41, 5.74) is 3.52. The minimum atomic E-state index is -2.07. The number of esters is 2. The quantitative estimate of drug-likeness (QED) is 0.355. The van der Waals surface area contributed by atoms with E-state index in [9.17, 15) is 9.59 Å². The third-order valence-corrected chi connectivity index (χ3v) is 5.53. The zero-order valence-electron chi connectivity index (χ0n) is 19.1. The Kier molecular flexibility index (Phi) is 9.58. The van der Waals surface area contributed by atoms with Crippen LogP contribution in [0.25, 0.3) is 0 Å². The molecular formula is C24H26ClNO8. The molecule has 1 heterocycles. The smallest absolute Gasteiger partial charge is 0.351 e. The number of rotatable bonds is 5. The van der Waals surface area contributed by atoms with E-state index in [4.69, 9.17) is 40.9 Å². The van der Waals surface area contributed by atoms with Crippen LogP contribution in [-0.4, -0.2) is 42.6 Å². The first kappa shape index (κ1) is 26.8. The highest BCUT2D eigenvalue weighted by Crippen LogP contribution is 2.36. The molecule has 2 aromatic carbocycles. The monoisotopic (exact) mass is 491 g/mol. The first-order valence-corrected chi connectivity index (χ1v) is 10.9. The number of fused-ring (bicyclic) bond motifs is 1. The second-order valence-corrected chi connectivity index (χ2v) is 8.28. The van der Waals surface area contributed by atoms with Crippen molar-refractivity contribution < 1.29 is 43.8 Å². The number of nitrogens with one attached hydrogen (secondary N) is 1. The van der Waals surface area contributed by atoms with Crippen LogP contribution in [0.3, 0.4) is 0 Å². The molecule has 1 aliphatic rings. The number of carbonyl (C=O) groups excluding carboxylic acids is 3. The number of carboxylic acid groups (broad SMARTS) is 2. The second-order valence-electron chi connectivity index (χ2n) is 7.84. The first-order valence-electron chi connectivity index (χ1n) is 10.5. The Morgan fingerprint density at radius 3 is 2.09 bits per heavy atom. The number of quaternary nitrogens is 1. The summed E-state index contributed by atoms with van der Waals surface area (Å²) >= 11 is 5.98. The molecule has 0 amide bonds. The number of carboxylic acids is 2. The van der Waals surface area contributed by atoms with E-state index in [2.05, 4.69) is 19.2 Å². The summed E-state index contributed by atoms with van der Waals surface area (Å²) in [6, 6.07) is 11.9. The van der Waals surface area contributed by atoms with Gasteiger partial charge in [0.2, 0.25) is 0 Å². The highest BCUT2D eigenvalue weighted by atomic mass is 35.5. The van der Waals surface area contributed by atoms with Crippen LogP contribution in [0.15, 0.2) is 36.4 Å². The minimum Gasteiger partial charge on any atom is -0.539 e. The number of likely N-dealkylation sites (N-methyl/N-ethyl adjacent to an activating group) is 1. The fraction of sp³-hybridized carbons (Fsp3) is 0.333. The lowest BCUT2D eigenvalue weighted by Crippen LogP contribution is -3.10. The molecular weight excluding hydrogens is 466 g/mol. The van der Waals surface area contributed by atoms with E-state index in [1.54, 1.807) is 0 Å². The predicted molar refractivity (Wildman–Crippen MR) is 120 cm³/mol. The van der Waals surface area contributed by atoms with Crippen molar-refractivity contribution >= 4 is 35.5 Å². The van der Waals surface area contributed by atoms with E-state index in [1.807, 2.05) is 24.3 Å². The molecule has 1 aliphatic heterocycles. The molecule has 9 nitrogen and oxygen atoms in total. The maximum Gasteiger partial charge on any atom is 0.351 e. The molecule has 2 unspecified atom stereocenters. The summed E-state index contributed by atoms with van der Waals surface area (Å²) in [5, 5.41) is 17.1. The Balaban J connectivity index is 0.000000604. The standard InChI is InChI=1S/C22H24ClNO4.C2H2O4/c1-14(25)27-21-12-17-10-11-24(3)20(19(17)13-22(21)28-15(2)26)9-6-16-4-7-18(23)8-5-16;3-1(4)2(5)6/h4-5,7-8,12-13,20H,6,9-11H2,1-3H3;(H,3,4)(H,5,6). The van der Waals surface area contributed by atoms with E-state index < -0.39 is 23.9 Å². The van der Waals surface area contributed by atoms with Crippen LogP contribution >= 0.6 is 11.6 Å². The molecule has 0 saturated heterocycles. The van der Waals surface area contributed by atoms with Crippen LogP contribution in [0.5, 0.6) is 11.5 Å². The SMILES string of the molecule is CC(=O)Oc1cc2c(cc1OC(C)=O)C(CCc1ccc(Cl)cc1)[NH+](C)CC2.O=C([O-])C(=O)O. The molecule has 0 spiro atoms. The number of hydrogen-bond acceptors (Lipinski definition) is 7. The lowest BCUT2D eigenvalue weighted by atomic mass is 9.89. The Labute approximate surface area is 201 Å². The van der Waals surface area contributed by atoms with Crippen molar-refractivity contribution in [3.05, 3.63) is 58.1 Å². The summed E-state index contributed by atoms with van der Waals surface area (Å²) < 4.78 is 10.6. The van der Waals surface area contributed by atoms with Gasteiger partial charge in [-0.25, -0.2) is 4.79 Å². The van der Waals surface area contributed by atoms with Gasteiger partial charge in [0.15, 0.2) is 17.5 Å². The molecule has 182 valence electrons. The third-order valence-electron chi connectivity index (χ3n) is 5.28. The molecule has 2 aromatic rings. The van der Waals surface area contributed by atoms with Gasteiger partial charge in [-0.3, -0.25) is 9.59 Å². The Hall–Kier alpha value is -3.43. The number of benzene rings is 2. The Bertz CT molecular complexity index is 1060. The summed E-state index contributed by atoms with van der Waals surface area (Å²) in [7, 11) is 2.18. The van der Waals surface area contributed by atoms with Crippen molar-refractivity contribution in [1.29, 1.82) is 0 Å². The molecule has 0 fully saturated rings. The average Bonchev–Trinajstić information content (AvgIpc) is 2.74. The number of hydrogen-bond donors (Lipinski definition) is 2. The molecule has 2 N–H and O–H groups in total. The van der Waals surface area contributed by atoms with Crippen molar-refractivity contribution in [3.63, 3.8) is 0 Å². The van der Waals surface area contributed by atoms with Crippen LogP contribution in [0.2, 0.25) is 5.02 Å². The van der Waals surface area contributed by atoms with Crippen molar-refractivity contribution in [2.75, 3.05) is 13.6 Å². The molecule has 0 saturated carbocycles. The maximum absolute atomic E-state index is 11.5. The molecule has 0 bridgehead atoms. The zero-order chi connectivity index (χ0) is 25.4. The summed E-state index contributed by atoms with van der Waals surface area (Å²) in [6.07, 6.45) is 2.76. The van der Waals surface area contributed by atoms with Gasteiger partial charge < -0.3 is 29.4 Å². The van der Waals surface area contributed by atoms with E-state index in [-0.39, 0.29) is 6.04 Å². The molecule has 34 heavy (non-hydrogen) atoms. The van der Waals surface area contributed by atoms with E-state index in [0.717, 1.165) is 42.0 Å². The van der Waals surface area contributed by atoms with Gasteiger partial charge in [0.1, 0.15) is 6.04 Å². The number of aliphatic carboxylic acids is 2. The highest BCUT2D eigenvalue weighted by molar-refractivity contribution is 6.30. The van der Waals surface area contributed by atoms with Gasteiger partial charge in [-0.1, -0.05) is 23.7 Å². The topological polar surface area (TPSA) is 134 Å². The molecule has 0 radical (unpaired) electrons. The van der Waals surface area contributed by atoms with Crippen LogP contribution in [0.1, 0.15) is 43.0 Å². The largest absolute Gasteiger partial charge is 0.539 e. The van der Waals surface area contributed by atoms with Crippen molar-refractivity contribution in [3.8, 4) is 11.5 Å². The molecule has 0 aromatic heterocycles. The van der Waals surface area contributed by atoms with Gasteiger partial charge in [-0.2, -0.15) is 0 Å². The van der Waals surface area contributed by atoms with Crippen molar-refractivity contribution in [2.24, 2.45) is 0 Å². The van der Waals surface area contributed by atoms with E-state index in [1.165, 1.54) is 24.3 Å². The lowest BCUT2D eigenvalue weighted by Gasteiger charge is -2.32. The Morgan fingerprint density at radius 1 is 1.06 bits per heavy atom. The highest BCUT2D eigenvalue weighted by Gasteiger charge is 2.30. The van der Waals surface area contributed by atoms with Crippen LogP contribution in [0.4, 0.5) is 0 Å². The average molecular weight is 492 g/mol. The first-order chi connectivity index (χ1) is 16.0. The second kappa shape index (κ2) is 12.2. The number of carbonyl (C=O) groups is 4. The number of ether oxygens (including phenoxy) is 2. The van der Waals surface area contributed by atoms with Crippen LogP contribution in [-0.2, 0) is 32.0 Å². The minimum absolute atomic E-state index is 0.264. The van der Waals surface area contributed by atoms with Gasteiger partial charge in [-0.15, -0.1) is 0 Å².